The molecule has 0 radical (unpaired) electrons. The summed E-state index contributed by atoms with van der Waals surface area (Å²) in [5.74, 6) is -3.01. The second kappa shape index (κ2) is 6.58. The van der Waals surface area contributed by atoms with E-state index in [0.29, 0.717) is 30.1 Å². The molecule has 6 heteroatoms. The third-order valence-electron chi connectivity index (χ3n) is 5.24. The second-order valence-corrected chi connectivity index (χ2v) is 7.46. The van der Waals surface area contributed by atoms with E-state index in [4.69, 9.17) is 11.6 Å². The van der Waals surface area contributed by atoms with Gasteiger partial charge in [-0.3, -0.25) is 4.79 Å². The van der Waals surface area contributed by atoms with E-state index in [2.05, 4.69) is 0 Å². The normalized spacial score (nSPS) is 25.7. The summed E-state index contributed by atoms with van der Waals surface area (Å²) in [5.41, 5.74) is -0.878. The van der Waals surface area contributed by atoms with Crippen molar-refractivity contribution >= 4 is 17.5 Å². The summed E-state index contributed by atoms with van der Waals surface area (Å²) in [6, 6.07) is 6.69. The van der Waals surface area contributed by atoms with Gasteiger partial charge in [0.25, 0.3) is 0 Å². The molecule has 3 rings (SSSR count). The first kappa shape index (κ1) is 17.6. The molecule has 1 unspecified atom stereocenters. The smallest absolute Gasteiger partial charge is 0.248 e. The highest BCUT2D eigenvalue weighted by Crippen LogP contribution is 2.41. The summed E-state index contributed by atoms with van der Waals surface area (Å²) in [6.07, 6.45) is 0.655. The van der Waals surface area contributed by atoms with Gasteiger partial charge in [0.05, 0.1) is 0 Å². The molecular formula is C18H21ClF3NO. The Morgan fingerprint density at radius 2 is 1.75 bits per heavy atom. The van der Waals surface area contributed by atoms with Crippen LogP contribution in [0.15, 0.2) is 24.3 Å². The Balaban J connectivity index is 1.54. The van der Waals surface area contributed by atoms with Gasteiger partial charge >= 0.3 is 0 Å². The number of nitrogens with zero attached hydrogens (tertiary/aromatic N) is 1. The maximum atomic E-state index is 15.1. The molecule has 1 aliphatic carbocycles. The molecule has 1 aromatic rings. The lowest BCUT2D eigenvalue weighted by atomic mass is 9.86. The van der Waals surface area contributed by atoms with E-state index in [9.17, 15) is 13.6 Å². The molecule has 2 aliphatic rings. The van der Waals surface area contributed by atoms with E-state index in [0.717, 1.165) is 0 Å². The molecule has 0 N–H and O–H groups in total. The van der Waals surface area contributed by atoms with Crippen molar-refractivity contribution in [1.29, 1.82) is 0 Å². The lowest BCUT2D eigenvalue weighted by molar-refractivity contribution is -0.135. The van der Waals surface area contributed by atoms with Crippen molar-refractivity contribution in [1.82, 2.24) is 4.90 Å². The Morgan fingerprint density at radius 3 is 2.29 bits per heavy atom. The number of piperidine rings is 1. The van der Waals surface area contributed by atoms with Gasteiger partial charge in [-0.15, -0.1) is 0 Å². The molecule has 1 aliphatic heterocycles. The number of likely N-dealkylation sites (tertiary alicyclic amines) is 1. The van der Waals surface area contributed by atoms with Crippen LogP contribution in [0.25, 0.3) is 0 Å². The van der Waals surface area contributed by atoms with Crippen molar-refractivity contribution in [2.75, 3.05) is 13.1 Å². The number of benzene rings is 1. The van der Waals surface area contributed by atoms with Crippen molar-refractivity contribution < 1.29 is 18.0 Å². The number of rotatable bonds is 3. The van der Waals surface area contributed by atoms with Crippen molar-refractivity contribution in [3.8, 4) is 0 Å². The SMILES string of the molecule is O=C(CC1CCC(F)(F)C1)N1CCC(F)(c2ccc(Cl)cc2)CC1. The number of halogens is 4. The molecule has 1 aromatic carbocycles. The van der Waals surface area contributed by atoms with Crippen molar-refractivity contribution in [3.63, 3.8) is 0 Å². The number of carbonyl (C=O) groups excluding carboxylic acids is 1. The van der Waals surface area contributed by atoms with Crippen molar-refractivity contribution in [2.45, 2.75) is 50.1 Å². The summed E-state index contributed by atoms with van der Waals surface area (Å²) in [7, 11) is 0. The Bertz CT molecular complexity index is 597. The van der Waals surface area contributed by atoms with Gasteiger partial charge in [-0.2, -0.15) is 0 Å². The molecule has 1 saturated carbocycles. The van der Waals surface area contributed by atoms with Crippen LogP contribution in [0.3, 0.4) is 0 Å². The summed E-state index contributed by atoms with van der Waals surface area (Å²) < 4.78 is 41.5. The fraction of sp³-hybridized carbons (Fsp3) is 0.611. The number of amides is 1. The number of hydrogen-bond acceptors (Lipinski definition) is 1. The van der Waals surface area contributed by atoms with Crippen LogP contribution >= 0.6 is 11.6 Å². The minimum Gasteiger partial charge on any atom is -0.342 e. The highest BCUT2D eigenvalue weighted by molar-refractivity contribution is 6.30. The lowest BCUT2D eigenvalue weighted by Crippen LogP contribution is -2.43. The Hall–Kier alpha value is -1.23. The van der Waals surface area contributed by atoms with Gasteiger partial charge in [0.1, 0.15) is 5.67 Å². The predicted octanol–water partition coefficient (Wildman–Crippen LogP) is 4.95. The fourth-order valence-electron chi connectivity index (χ4n) is 3.74. The van der Waals surface area contributed by atoms with Gasteiger partial charge in [-0.25, -0.2) is 13.2 Å². The van der Waals surface area contributed by atoms with Gasteiger partial charge in [-0.05, 0) is 30.0 Å². The van der Waals surface area contributed by atoms with Gasteiger partial charge in [0.2, 0.25) is 11.8 Å². The van der Waals surface area contributed by atoms with Crippen LogP contribution in [0, 0.1) is 5.92 Å². The van der Waals surface area contributed by atoms with E-state index in [1.165, 1.54) is 0 Å². The fourth-order valence-corrected chi connectivity index (χ4v) is 3.87. The molecule has 2 fully saturated rings. The average molecular weight is 360 g/mol. The zero-order valence-electron chi connectivity index (χ0n) is 13.4. The zero-order chi connectivity index (χ0) is 17.4. The van der Waals surface area contributed by atoms with Crippen LogP contribution in [0.4, 0.5) is 13.2 Å². The summed E-state index contributed by atoms with van der Waals surface area (Å²) in [6.45, 7) is 0.641. The van der Waals surface area contributed by atoms with E-state index in [-0.39, 0.29) is 43.9 Å². The summed E-state index contributed by atoms with van der Waals surface area (Å²) in [5, 5.41) is 0.559. The quantitative estimate of drug-likeness (QED) is 0.747. The molecular weight excluding hydrogens is 339 g/mol. The van der Waals surface area contributed by atoms with Gasteiger partial charge in [0.15, 0.2) is 0 Å². The molecule has 0 spiro atoms. The lowest BCUT2D eigenvalue weighted by Gasteiger charge is -2.37. The van der Waals surface area contributed by atoms with Gasteiger partial charge in [-0.1, -0.05) is 23.7 Å². The molecule has 1 amide bonds. The third kappa shape index (κ3) is 3.88. The molecule has 1 atom stereocenters. The Kier molecular flexibility index (Phi) is 4.82. The van der Waals surface area contributed by atoms with Crippen molar-refractivity contribution in [2.24, 2.45) is 5.92 Å². The molecule has 0 aromatic heterocycles. The van der Waals surface area contributed by atoms with E-state index in [1.54, 1.807) is 29.2 Å². The van der Waals surface area contributed by atoms with Crippen LogP contribution < -0.4 is 0 Å². The Morgan fingerprint density at radius 1 is 1.12 bits per heavy atom. The Labute approximate surface area is 145 Å². The van der Waals surface area contributed by atoms with Crippen LogP contribution in [0.2, 0.25) is 5.02 Å². The van der Waals surface area contributed by atoms with Crippen LogP contribution in [-0.4, -0.2) is 29.8 Å². The molecule has 2 nitrogen and oxygen atoms in total. The van der Waals surface area contributed by atoms with Gasteiger partial charge < -0.3 is 4.90 Å². The highest BCUT2D eigenvalue weighted by Gasteiger charge is 2.42. The third-order valence-corrected chi connectivity index (χ3v) is 5.49. The highest BCUT2D eigenvalue weighted by atomic mass is 35.5. The van der Waals surface area contributed by atoms with Crippen LogP contribution in [0.5, 0.6) is 0 Å². The summed E-state index contributed by atoms with van der Waals surface area (Å²) in [4.78, 5) is 13.9. The van der Waals surface area contributed by atoms with E-state index in [1.807, 2.05) is 0 Å². The van der Waals surface area contributed by atoms with Gasteiger partial charge in [0, 0.05) is 50.2 Å². The summed E-state index contributed by atoms with van der Waals surface area (Å²) >= 11 is 5.83. The molecule has 1 saturated heterocycles. The van der Waals surface area contributed by atoms with E-state index >= 15 is 4.39 Å². The number of carbonyl (C=O) groups is 1. The largest absolute Gasteiger partial charge is 0.342 e. The first-order chi connectivity index (χ1) is 11.3. The molecule has 132 valence electrons. The minimum atomic E-state index is -2.63. The van der Waals surface area contributed by atoms with E-state index < -0.39 is 11.6 Å². The molecule has 24 heavy (non-hydrogen) atoms. The molecule has 0 bridgehead atoms. The maximum absolute atomic E-state index is 15.1. The van der Waals surface area contributed by atoms with Crippen LogP contribution in [-0.2, 0) is 10.5 Å². The van der Waals surface area contributed by atoms with Crippen LogP contribution in [0.1, 0.15) is 44.1 Å². The zero-order valence-corrected chi connectivity index (χ0v) is 14.2. The minimum absolute atomic E-state index is 0.129. The topological polar surface area (TPSA) is 20.3 Å². The first-order valence-electron chi connectivity index (χ1n) is 8.38. The second-order valence-electron chi connectivity index (χ2n) is 7.02. The van der Waals surface area contributed by atoms with Crippen molar-refractivity contribution in [3.05, 3.63) is 34.9 Å². The monoisotopic (exact) mass is 359 g/mol. The predicted molar refractivity (Wildman–Crippen MR) is 87.0 cm³/mol. The average Bonchev–Trinajstić information content (AvgIpc) is 2.87. The standard InChI is InChI=1S/C18H21ClF3NO/c19-15-3-1-14(2-4-15)17(20)7-9-23(10-8-17)16(24)11-13-5-6-18(21,22)12-13/h1-4,13H,5-12H2. The number of hydrogen-bond donors (Lipinski definition) is 0. The molecule has 1 heterocycles. The number of alkyl halides is 3. The first-order valence-corrected chi connectivity index (χ1v) is 8.76. The maximum Gasteiger partial charge on any atom is 0.248 e.